The molecule has 1 atom stereocenters. The lowest BCUT2D eigenvalue weighted by atomic mass is 9.86. The molecule has 0 N–H and O–H groups in total. The van der Waals surface area contributed by atoms with Crippen LogP contribution in [0.2, 0.25) is 0 Å². The first-order valence-corrected chi connectivity index (χ1v) is 23.6. The van der Waals surface area contributed by atoms with Gasteiger partial charge in [-0.1, -0.05) is 194 Å². The van der Waals surface area contributed by atoms with Gasteiger partial charge in [-0.25, -0.2) is 0 Å². The van der Waals surface area contributed by atoms with Crippen LogP contribution in [0.1, 0.15) is 29.0 Å². The van der Waals surface area contributed by atoms with Gasteiger partial charge in [-0.2, -0.15) is 0 Å². The molecule has 0 fully saturated rings. The summed E-state index contributed by atoms with van der Waals surface area (Å²) >= 11 is 0. The molecule has 0 radical (unpaired) electrons. The maximum absolute atomic E-state index is 3.22. The van der Waals surface area contributed by atoms with Crippen LogP contribution >= 0.6 is 0 Å². The van der Waals surface area contributed by atoms with E-state index in [1.807, 2.05) is 6.07 Å². The Hall–Kier alpha value is -8.64. The number of hydrogen-bond donors (Lipinski definition) is 0. The second-order valence-electron chi connectivity index (χ2n) is 17.9. The number of anilines is 6. The Balaban J connectivity index is 1.13. The molecule has 11 aromatic rings. The summed E-state index contributed by atoms with van der Waals surface area (Å²) in [6.07, 6.45) is 9.96. The summed E-state index contributed by atoms with van der Waals surface area (Å²) in [7, 11) is 0. The summed E-state index contributed by atoms with van der Waals surface area (Å²) in [5.41, 5.74) is 17.7. The molecule has 322 valence electrons. The van der Waals surface area contributed by atoms with Crippen LogP contribution in [-0.4, -0.2) is 0 Å². The van der Waals surface area contributed by atoms with Gasteiger partial charge in [0.15, 0.2) is 0 Å². The van der Waals surface area contributed by atoms with Crippen LogP contribution in [0.5, 0.6) is 0 Å². The van der Waals surface area contributed by atoms with Crippen molar-refractivity contribution in [3.63, 3.8) is 0 Å². The Morgan fingerprint density at radius 1 is 0.426 bits per heavy atom. The average Bonchev–Trinajstić information content (AvgIpc) is 3.41. The van der Waals surface area contributed by atoms with Gasteiger partial charge in [0.05, 0.1) is 22.7 Å². The van der Waals surface area contributed by atoms with Crippen LogP contribution in [0.15, 0.2) is 237 Å². The van der Waals surface area contributed by atoms with E-state index in [9.17, 15) is 0 Å². The van der Waals surface area contributed by atoms with Gasteiger partial charge in [0.25, 0.3) is 0 Å². The average molecular weight is 869 g/mol. The highest BCUT2D eigenvalue weighted by Gasteiger charge is 2.28. The van der Waals surface area contributed by atoms with Gasteiger partial charge in [0.2, 0.25) is 0 Å². The molecule has 1 aliphatic carbocycles. The highest BCUT2D eigenvalue weighted by molar-refractivity contribution is 6.28. The third-order valence-corrected chi connectivity index (χ3v) is 14.0. The summed E-state index contributed by atoms with van der Waals surface area (Å²) in [4.78, 5) is 5.05. The maximum Gasteiger partial charge on any atom is 0.0575 e. The molecule has 0 saturated heterocycles. The van der Waals surface area contributed by atoms with E-state index < -0.39 is 0 Å². The van der Waals surface area contributed by atoms with Crippen molar-refractivity contribution in [2.75, 3.05) is 9.80 Å². The van der Waals surface area contributed by atoms with E-state index in [0.29, 0.717) is 0 Å². The fraction of sp³-hybridized carbons (Fsp3) is 0.0606. The SMILES string of the molecule is Cc1c(-c2ccccc2)ccc(-c2ccccc2)c1N(c1ccccc1)c1ccc2ccc3c(N(c4ccccc4)c4c(C5C=CC=CC5)ccc(-c5cc#ccc5)c4C)ccc4ccc1c2c43. The van der Waals surface area contributed by atoms with Gasteiger partial charge >= 0.3 is 0 Å². The monoisotopic (exact) mass is 868 g/mol. The fourth-order valence-corrected chi connectivity index (χ4v) is 10.8. The van der Waals surface area contributed by atoms with E-state index >= 15 is 0 Å². The predicted octanol–water partition coefficient (Wildman–Crippen LogP) is 18.3. The zero-order valence-corrected chi connectivity index (χ0v) is 38.2. The first-order chi connectivity index (χ1) is 33.6. The van der Waals surface area contributed by atoms with Crippen molar-refractivity contribution in [2.45, 2.75) is 26.2 Å². The third-order valence-electron chi connectivity index (χ3n) is 14.0. The van der Waals surface area contributed by atoms with Crippen LogP contribution in [-0.2, 0) is 0 Å². The normalized spacial score (nSPS) is 13.3. The summed E-state index contributed by atoms with van der Waals surface area (Å²) in [6.45, 7) is 4.58. The predicted molar refractivity (Wildman–Crippen MR) is 289 cm³/mol. The van der Waals surface area contributed by atoms with Crippen molar-refractivity contribution in [3.05, 3.63) is 265 Å². The smallest absolute Gasteiger partial charge is 0.0575 e. The summed E-state index contributed by atoms with van der Waals surface area (Å²) in [6, 6.07) is 84.0. The van der Waals surface area contributed by atoms with Crippen LogP contribution in [0.3, 0.4) is 0 Å². The molecule has 0 amide bonds. The zero-order chi connectivity index (χ0) is 45.6. The molecule has 11 aromatic carbocycles. The lowest BCUT2D eigenvalue weighted by molar-refractivity contribution is 0.851. The van der Waals surface area contributed by atoms with Crippen molar-refractivity contribution in [1.29, 1.82) is 0 Å². The maximum atomic E-state index is 3.22. The molecule has 0 aliphatic heterocycles. The number of benzene rings is 10. The Bertz CT molecular complexity index is 3650. The minimum atomic E-state index is 0.223. The Labute approximate surface area is 399 Å². The van der Waals surface area contributed by atoms with E-state index in [2.05, 4.69) is 266 Å². The van der Waals surface area contributed by atoms with Gasteiger partial charge in [-0.05, 0) is 141 Å². The lowest BCUT2D eigenvalue weighted by Gasteiger charge is -2.34. The lowest BCUT2D eigenvalue weighted by Crippen LogP contribution is -2.16. The Morgan fingerprint density at radius 3 is 1.49 bits per heavy atom. The second-order valence-corrected chi connectivity index (χ2v) is 17.9. The molecular weight excluding hydrogens is 821 g/mol. The number of para-hydroxylation sites is 2. The largest absolute Gasteiger partial charge is 0.309 e. The highest BCUT2D eigenvalue weighted by Crippen LogP contribution is 2.52. The summed E-state index contributed by atoms with van der Waals surface area (Å²) in [5, 5.41) is 7.35. The van der Waals surface area contributed by atoms with E-state index in [4.69, 9.17) is 0 Å². The van der Waals surface area contributed by atoms with Crippen molar-refractivity contribution >= 4 is 66.4 Å². The number of hydrogen-bond acceptors (Lipinski definition) is 2. The second kappa shape index (κ2) is 17.3. The standard InChI is InChI=1S/C66H48N2/c1-45-55(47-21-9-3-10-22-47)39-41-57(49-25-13-5-14-26-49)65(45)67(53-29-17-7-18-30-53)61-43-35-51-34-38-60-62(44-36-52-33-37-59(61)63(51)64(52)60)68(54-31-19-8-20-32-54)66-46(2)56(48-23-11-4-12-24-48)40-42-58(66)50-27-15-6-16-28-50/h3,5-11,13-27,29-44,50H,28H2,1-2H3. The van der Waals surface area contributed by atoms with Crippen LogP contribution in [0.4, 0.5) is 34.1 Å². The molecule has 0 saturated carbocycles. The van der Waals surface area contributed by atoms with Gasteiger partial charge in [-0.15, -0.1) is 0 Å². The quantitative estimate of drug-likeness (QED) is 0.126. The molecule has 0 spiro atoms. The molecule has 1 unspecified atom stereocenters. The molecule has 2 nitrogen and oxygen atoms in total. The van der Waals surface area contributed by atoms with Gasteiger partial charge in [0, 0.05) is 33.6 Å². The highest BCUT2D eigenvalue weighted by atomic mass is 15.2. The Kier molecular flexibility index (Phi) is 10.4. The molecule has 2 heteroatoms. The van der Waals surface area contributed by atoms with E-state index in [1.54, 1.807) is 0 Å². The van der Waals surface area contributed by atoms with E-state index in [1.165, 1.54) is 82.5 Å². The molecular formula is C66H48N2. The first kappa shape index (κ1) is 40.8. The number of rotatable bonds is 10. The van der Waals surface area contributed by atoms with Crippen molar-refractivity contribution in [1.82, 2.24) is 0 Å². The molecule has 12 rings (SSSR count). The van der Waals surface area contributed by atoms with E-state index in [0.717, 1.165) is 40.4 Å². The first-order valence-electron chi connectivity index (χ1n) is 23.6. The minimum Gasteiger partial charge on any atom is -0.309 e. The number of nitrogens with zero attached hydrogens (tertiary/aromatic N) is 2. The van der Waals surface area contributed by atoms with Gasteiger partial charge < -0.3 is 9.80 Å². The molecule has 1 aliphatic rings. The topological polar surface area (TPSA) is 6.48 Å². The summed E-state index contributed by atoms with van der Waals surface area (Å²) < 4.78 is 0. The Morgan fingerprint density at radius 2 is 0.926 bits per heavy atom. The number of allylic oxidation sites excluding steroid dienone is 4. The van der Waals surface area contributed by atoms with E-state index in [-0.39, 0.29) is 5.92 Å². The van der Waals surface area contributed by atoms with Crippen molar-refractivity contribution in [3.8, 4) is 33.4 Å². The van der Waals surface area contributed by atoms with Crippen LogP contribution in [0, 0.1) is 26.0 Å². The minimum absolute atomic E-state index is 0.223. The van der Waals surface area contributed by atoms with Crippen molar-refractivity contribution in [2.24, 2.45) is 0 Å². The molecule has 0 heterocycles. The van der Waals surface area contributed by atoms with Crippen LogP contribution in [0.25, 0.3) is 65.7 Å². The van der Waals surface area contributed by atoms with Crippen LogP contribution < -0.4 is 9.80 Å². The molecule has 0 bridgehead atoms. The fourth-order valence-electron chi connectivity index (χ4n) is 10.8. The van der Waals surface area contributed by atoms with Gasteiger partial charge in [0.1, 0.15) is 0 Å². The molecule has 68 heavy (non-hydrogen) atoms. The summed E-state index contributed by atoms with van der Waals surface area (Å²) in [5.74, 6) is 0.223. The van der Waals surface area contributed by atoms with Crippen molar-refractivity contribution < 1.29 is 0 Å². The zero-order valence-electron chi connectivity index (χ0n) is 38.2. The third kappa shape index (κ3) is 7.00. The van der Waals surface area contributed by atoms with Gasteiger partial charge in [-0.3, -0.25) is 0 Å². The molecule has 0 aromatic heterocycles.